The predicted octanol–water partition coefficient (Wildman–Crippen LogP) is 6.74. The van der Waals surface area contributed by atoms with Gasteiger partial charge < -0.3 is 10.6 Å². The van der Waals surface area contributed by atoms with Gasteiger partial charge in [-0.3, -0.25) is 4.79 Å². The van der Waals surface area contributed by atoms with Crippen molar-refractivity contribution in [3.8, 4) is 0 Å². The molecule has 3 aromatic carbocycles. The highest BCUT2D eigenvalue weighted by molar-refractivity contribution is 5.80. The lowest BCUT2D eigenvalue weighted by atomic mass is 9.75. The van der Waals surface area contributed by atoms with Crippen molar-refractivity contribution < 1.29 is 4.79 Å². The molecule has 3 nitrogen and oxygen atoms in total. The molecular weight excluding hydrogens is 416 g/mol. The maximum Gasteiger partial charge on any atom is 0.224 e. The number of hydrogen-bond donors (Lipinski definition) is 2. The lowest BCUT2D eigenvalue weighted by molar-refractivity contribution is -0.127. The standard InChI is InChI=1S/C31H38N2O/c1-22-10-9-13-28(23(22)2)21-32-20-25-16-18-27(19-17-25)29-14-7-8-15-30(29)31(34)33-24(3)26-11-5-4-6-12-26/h4-6,9-13,16-19,24,29-30,32H,7-8,14-15,20-21H2,1-3H3,(H,33,34)/t24-,29+,30-/m0/s1. The van der Waals surface area contributed by atoms with Crippen LogP contribution in [0.1, 0.15) is 77.9 Å². The first-order valence-corrected chi connectivity index (χ1v) is 12.7. The van der Waals surface area contributed by atoms with E-state index < -0.39 is 0 Å². The Morgan fingerprint density at radius 2 is 1.62 bits per heavy atom. The van der Waals surface area contributed by atoms with Crippen molar-refractivity contribution in [3.63, 3.8) is 0 Å². The van der Waals surface area contributed by atoms with Gasteiger partial charge in [0, 0.05) is 19.0 Å². The first kappa shape index (κ1) is 24.2. The van der Waals surface area contributed by atoms with Gasteiger partial charge in [-0.1, -0.05) is 85.6 Å². The highest BCUT2D eigenvalue weighted by Gasteiger charge is 2.32. The first-order valence-electron chi connectivity index (χ1n) is 12.7. The Morgan fingerprint density at radius 1 is 0.882 bits per heavy atom. The Bertz CT molecular complexity index is 1070. The van der Waals surface area contributed by atoms with Crippen molar-refractivity contribution in [2.75, 3.05) is 0 Å². The molecule has 2 N–H and O–H groups in total. The van der Waals surface area contributed by atoms with Crippen LogP contribution in [0.25, 0.3) is 0 Å². The summed E-state index contributed by atoms with van der Waals surface area (Å²) >= 11 is 0. The molecule has 1 aliphatic rings. The van der Waals surface area contributed by atoms with Crippen molar-refractivity contribution in [2.24, 2.45) is 5.92 Å². The van der Waals surface area contributed by atoms with Gasteiger partial charge in [0.1, 0.15) is 0 Å². The van der Waals surface area contributed by atoms with Crippen LogP contribution in [0.4, 0.5) is 0 Å². The second kappa shape index (κ2) is 11.5. The number of nitrogens with one attached hydrogen (secondary N) is 2. The molecule has 1 amide bonds. The Labute approximate surface area is 205 Å². The molecule has 0 bridgehead atoms. The van der Waals surface area contributed by atoms with Crippen LogP contribution in [-0.2, 0) is 17.9 Å². The van der Waals surface area contributed by atoms with Crippen LogP contribution >= 0.6 is 0 Å². The third kappa shape index (κ3) is 5.95. The molecule has 4 rings (SSSR count). The lowest BCUT2D eigenvalue weighted by Gasteiger charge is -2.32. The highest BCUT2D eigenvalue weighted by atomic mass is 16.1. The van der Waals surface area contributed by atoms with Crippen LogP contribution in [0.3, 0.4) is 0 Å². The molecule has 34 heavy (non-hydrogen) atoms. The fourth-order valence-corrected chi connectivity index (χ4v) is 5.22. The molecule has 1 aliphatic carbocycles. The van der Waals surface area contributed by atoms with E-state index in [9.17, 15) is 4.79 Å². The van der Waals surface area contributed by atoms with E-state index in [0.29, 0.717) is 5.92 Å². The van der Waals surface area contributed by atoms with Gasteiger partial charge in [-0.25, -0.2) is 0 Å². The summed E-state index contributed by atoms with van der Waals surface area (Å²) in [6, 6.07) is 25.7. The minimum Gasteiger partial charge on any atom is -0.349 e. The normalized spacial score (nSPS) is 18.9. The van der Waals surface area contributed by atoms with E-state index in [1.807, 2.05) is 18.2 Å². The number of hydrogen-bond acceptors (Lipinski definition) is 2. The van der Waals surface area contributed by atoms with E-state index in [-0.39, 0.29) is 17.9 Å². The minimum absolute atomic E-state index is 0.0294. The largest absolute Gasteiger partial charge is 0.349 e. The SMILES string of the molecule is Cc1cccc(CNCc2ccc([C@H]3CCCC[C@@H]3C(=O)N[C@@H](C)c3ccccc3)cc2)c1C. The molecule has 3 atom stereocenters. The molecule has 0 spiro atoms. The van der Waals surface area contributed by atoms with Crippen LogP contribution in [-0.4, -0.2) is 5.91 Å². The van der Waals surface area contributed by atoms with E-state index in [4.69, 9.17) is 0 Å². The molecule has 3 aromatic rings. The van der Waals surface area contributed by atoms with E-state index in [0.717, 1.165) is 37.9 Å². The third-order valence-corrected chi connectivity index (χ3v) is 7.53. The molecule has 3 heteroatoms. The number of carbonyl (C=O) groups is 1. The van der Waals surface area contributed by atoms with Crippen molar-refractivity contribution >= 4 is 5.91 Å². The summed E-state index contributed by atoms with van der Waals surface area (Å²) in [6.45, 7) is 8.15. The molecule has 0 saturated heterocycles. The summed E-state index contributed by atoms with van der Waals surface area (Å²) in [6.07, 6.45) is 4.38. The molecule has 0 aliphatic heterocycles. The molecule has 1 fully saturated rings. The van der Waals surface area contributed by atoms with Gasteiger partial charge in [-0.05, 0) is 72.9 Å². The Balaban J connectivity index is 1.36. The second-order valence-electron chi connectivity index (χ2n) is 9.84. The van der Waals surface area contributed by atoms with Gasteiger partial charge in [-0.2, -0.15) is 0 Å². The number of benzene rings is 3. The van der Waals surface area contributed by atoms with Crippen molar-refractivity contribution in [2.45, 2.75) is 71.5 Å². The predicted molar refractivity (Wildman–Crippen MR) is 141 cm³/mol. The fraction of sp³-hybridized carbons (Fsp3) is 0.387. The van der Waals surface area contributed by atoms with Crippen molar-refractivity contribution in [1.82, 2.24) is 10.6 Å². The second-order valence-corrected chi connectivity index (χ2v) is 9.84. The fourth-order valence-electron chi connectivity index (χ4n) is 5.22. The minimum atomic E-state index is 0.0294. The maximum absolute atomic E-state index is 13.2. The van der Waals surface area contributed by atoms with E-state index in [2.05, 4.69) is 86.0 Å². The summed E-state index contributed by atoms with van der Waals surface area (Å²) in [7, 11) is 0. The Morgan fingerprint density at radius 3 is 2.38 bits per heavy atom. The number of rotatable bonds is 8. The Kier molecular flexibility index (Phi) is 8.18. The zero-order valence-corrected chi connectivity index (χ0v) is 20.8. The zero-order chi connectivity index (χ0) is 23.9. The lowest BCUT2D eigenvalue weighted by Crippen LogP contribution is -2.37. The molecule has 0 radical (unpaired) electrons. The van der Waals surface area contributed by atoms with Gasteiger partial charge in [0.2, 0.25) is 5.91 Å². The highest BCUT2D eigenvalue weighted by Crippen LogP contribution is 2.38. The van der Waals surface area contributed by atoms with E-state index in [1.54, 1.807) is 0 Å². The number of carbonyl (C=O) groups excluding carboxylic acids is 1. The quantitative estimate of drug-likeness (QED) is 0.395. The van der Waals surface area contributed by atoms with Crippen molar-refractivity contribution in [1.29, 1.82) is 0 Å². The number of aryl methyl sites for hydroxylation is 1. The molecule has 1 saturated carbocycles. The topological polar surface area (TPSA) is 41.1 Å². The monoisotopic (exact) mass is 454 g/mol. The van der Waals surface area contributed by atoms with Crippen molar-refractivity contribution in [3.05, 3.63) is 106 Å². The van der Waals surface area contributed by atoms with E-state index >= 15 is 0 Å². The van der Waals surface area contributed by atoms with Gasteiger partial charge in [0.15, 0.2) is 0 Å². The van der Waals surface area contributed by atoms with Gasteiger partial charge in [0.25, 0.3) is 0 Å². The van der Waals surface area contributed by atoms with Crippen LogP contribution in [0, 0.1) is 19.8 Å². The third-order valence-electron chi connectivity index (χ3n) is 7.53. The average Bonchev–Trinajstić information content (AvgIpc) is 2.87. The van der Waals surface area contributed by atoms with E-state index in [1.165, 1.54) is 34.2 Å². The summed E-state index contributed by atoms with van der Waals surface area (Å²) in [5.41, 5.74) is 7.80. The molecule has 178 valence electrons. The van der Waals surface area contributed by atoms with Crippen LogP contribution in [0.5, 0.6) is 0 Å². The van der Waals surface area contributed by atoms with Crippen LogP contribution in [0.15, 0.2) is 72.8 Å². The molecule has 0 unspecified atom stereocenters. The average molecular weight is 455 g/mol. The summed E-state index contributed by atoms with van der Waals surface area (Å²) in [5, 5.41) is 6.87. The summed E-state index contributed by atoms with van der Waals surface area (Å²) in [4.78, 5) is 13.2. The first-order chi connectivity index (χ1) is 16.5. The molecular formula is C31H38N2O. The summed E-state index contributed by atoms with van der Waals surface area (Å²) in [5.74, 6) is 0.544. The molecule has 0 aromatic heterocycles. The van der Waals surface area contributed by atoms with Crippen LogP contribution in [0.2, 0.25) is 0 Å². The number of amides is 1. The molecule has 0 heterocycles. The van der Waals surface area contributed by atoms with Gasteiger partial charge >= 0.3 is 0 Å². The van der Waals surface area contributed by atoms with Crippen LogP contribution < -0.4 is 10.6 Å². The smallest absolute Gasteiger partial charge is 0.224 e. The summed E-state index contributed by atoms with van der Waals surface area (Å²) < 4.78 is 0. The Hall–Kier alpha value is -2.91. The van der Waals surface area contributed by atoms with Gasteiger partial charge in [-0.15, -0.1) is 0 Å². The van der Waals surface area contributed by atoms with Gasteiger partial charge in [0.05, 0.1) is 6.04 Å². The zero-order valence-electron chi connectivity index (χ0n) is 20.8. The maximum atomic E-state index is 13.2.